The van der Waals surface area contributed by atoms with Crippen LogP contribution >= 0.6 is 0 Å². The maximum absolute atomic E-state index is 11.3. The molecule has 0 radical (unpaired) electrons. The van der Waals surface area contributed by atoms with Crippen LogP contribution in [0, 0.1) is 0 Å². The number of pyridine rings is 1. The van der Waals surface area contributed by atoms with Crippen molar-refractivity contribution in [2.75, 3.05) is 13.7 Å². The van der Waals surface area contributed by atoms with Crippen LogP contribution in [-0.4, -0.2) is 41.6 Å². The van der Waals surface area contributed by atoms with Gasteiger partial charge in [-0.25, -0.2) is 4.79 Å². The Labute approximate surface area is 113 Å². The SMILES string of the molecule is COC(=O)c1ccc(CN2CCC(N)CC2C)nc1. The molecule has 1 aromatic heterocycles. The van der Waals surface area contributed by atoms with Crippen molar-refractivity contribution in [2.24, 2.45) is 5.73 Å². The normalized spacial score (nSPS) is 24.2. The smallest absolute Gasteiger partial charge is 0.339 e. The van der Waals surface area contributed by atoms with Gasteiger partial charge < -0.3 is 10.5 Å². The molecule has 0 bridgehead atoms. The largest absolute Gasteiger partial charge is 0.465 e. The molecule has 1 fully saturated rings. The molecule has 0 spiro atoms. The van der Waals surface area contributed by atoms with Gasteiger partial charge in [0, 0.05) is 31.4 Å². The van der Waals surface area contributed by atoms with Crippen molar-refractivity contribution in [3.05, 3.63) is 29.6 Å². The van der Waals surface area contributed by atoms with Crippen LogP contribution in [0.5, 0.6) is 0 Å². The van der Waals surface area contributed by atoms with Gasteiger partial charge in [0.25, 0.3) is 0 Å². The molecule has 0 saturated carbocycles. The van der Waals surface area contributed by atoms with Gasteiger partial charge in [0.2, 0.25) is 0 Å². The Balaban J connectivity index is 1.98. The topological polar surface area (TPSA) is 68.5 Å². The van der Waals surface area contributed by atoms with Gasteiger partial charge in [-0.05, 0) is 31.9 Å². The fourth-order valence-corrected chi connectivity index (χ4v) is 2.46. The summed E-state index contributed by atoms with van der Waals surface area (Å²) in [5, 5.41) is 0. The lowest BCUT2D eigenvalue weighted by Crippen LogP contribution is -2.45. The Morgan fingerprint density at radius 2 is 2.37 bits per heavy atom. The molecule has 0 aliphatic carbocycles. The number of aromatic nitrogens is 1. The second-order valence-corrected chi connectivity index (χ2v) is 5.13. The molecule has 1 aromatic rings. The minimum absolute atomic E-state index is 0.320. The zero-order valence-electron chi connectivity index (χ0n) is 11.5. The number of carbonyl (C=O) groups excluding carboxylic acids is 1. The molecule has 0 aromatic carbocycles. The van der Waals surface area contributed by atoms with Crippen LogP contribution in [-0.2, 0) is 11.3 Å². The fourth-order valence-electron chi connectivity index (χ4n) is 2.46. The molecule has 1 aliphatic rings. The third-order valence-electron chi connectivity index (χ3n) is 3.67. The van der Waals surface area contributed by atoms with E-state index in [1.54, 1.807) is 12.3 Å². The summed E-state index contributed by atoms with van der Waals surface area (Å²) >= 11 is 0. The number of piperidine rings is 1. The first-order valence-corrected chi connectivity index (χ1v) is 6.63. The van der Waals surface area contributed by atoms with E-state index in [2.05, 4.69) is 21.5 Å². The second kappa shape index (κ2) is 6.12. The first-order chi connectivity index (χ1) is 9.10. The number of methoxy groups -OCH3 is 1. The van der Waals surface area contributed by atoms with Crippen molar-refractivity contribution in [1.82, 2.24) is 9.88 Å². The van der Waals surface area contributed by atoms with Gasteiger partial charge in [-0.3, -0.25) is 9.88 Å². The molecule has 5 heteroatoms. The van der Waals surface area contributed by atoms with E-state index in [9.17, 15) is 4.79 Å². The third kappa shape index (κ3) is 3.52. The molecule has 2 heterocycles. The minimum atomic E-state index is -0.351. The van der Waals surface area contributed by atoms with Crippen LogP contribution in [0.1, 0.15) is 35.8 Å². The van der Waals surface area contributed by atoms with Gasteiger partial charge in [-0.1, -0.05) is 0 Å². The molecule has 2 unspecified atom stereocenters. The highest BCUT2D eigenvalue weighted by Gasteiger charge is 2.23. The van der Waals surface area contributed by atoms with E-state index >= 15 is 0 Å². The van der Waals surface area contributed by atoms with Crippen LogP contribution < -0.4 is 5.73 Å². The number of hydrogen-bond donors (Lipinski definition) is 1. The van der Waals surface area contributed by atoms with Crippen molar-refractivity contribution < 1.29 is 9.53 Å². The molecule has 1 saturated heterocycles. The molecule has 1 aliphatic heterocycles. The van der Waals surface area contributed by atoms with Crippen molar-refractivity contribution in [3.8, 4) is 0 Å². The summed E-state index contributed by atoms with van der Waals surface area (Å²) in [5.41, 5.74) is 7.41. The summed E-state index contributed by atoms with van der Waals surface area (Å²) in [6, 6.07) is 4.44. The van der Waals surface area contributed by atoms with Crippen molar-refractivity contribution >= 4 is 5.97 Å². The first-order valence-electron chi connectivity index (χ1n) is 6.63. The average Bonchev–Trinajstić information content (AvgIpc) is 2.42. The minimum Gasteiger partial charge on any atom is -0.465 e. The summed E-state index contributed by atoms with van der Waals surface area (Å²) in [4.78, 5) is 18.0. The molecule has 2 rings (SSSR count). The predicted octanol–water partition coefficient (Wildman–Crippen LogP) is 1.18. The van der Waals surface area contributed by atoms with Crippen LogP contribution in [0.2, 0.25) is 0 Å². The van der Waals surface area contributed by atoms with Gasteiger partial charge >= 0.3 is 5.97 Å². The molecule has 0 amide bonds. The number of carbonyl (C=O) groups is 1. The van der Waals surface area contributed by atoms with E-state index in [0.29, 0.717) is 17.6 Å². The highest BCUT2D eigenvalue weighted by Crippen LogP contribution is 2.18. The summed E-state index contributed by atoms with van der Waals surface area (Å²) in [7, 11) is 1.37. The number of hydrogen-bond acceptors (Lipinski definition) is 5. The Kier molecular flexibility index (Phi) is 4.50. The highest BCUT2D eigenvalue weighted by molar-refractivity contribution is 5.88. The van der Waals surface area contributed by atoms with Crippen LogP contribution in [0.3, 0.4) is 0 Å². The van der Waals surface area contributed by atoms with E-state index in [1.807, 2.05) is 6.07 Å². The maximum atomic E-state index is 11.3. The van der Waals surface area contributed by atoms with E-state index in [-0.39, 0.29) is 5.97 Å². The van der Waals surface area contributed by atoms with E-state index in [0.717, 1.165) is 31.6 Å². The number of ether oxygens (including phenoxy) is 1. The summed E-state index contributed by atoms with van der Waals surface area (Å²) < 4.78 is 4.65. The van der Waals surface area contributed by atoms with Crippen LogP contribution in [0.4, 0.5) is 0 Å². The van der Waals surface area contributed by atoms with Gasteiger partial charge in [0.05, 0.1) is 18.4 Å². The van der Waals surface area contributed by atoms with Gasteiger partial charge in [0.1, 0.15) is 0 Å². The van der Waals surface area contributed by atoms with E-state index < -0.39 is 0 Å². The van der Waals surface area contributed by atoms with E-state index in [4.69, 9.17) is 5.73 Å². The lowest BCUT2D eigenvalue weighted by Gasteiger charge is -2.36. The Bertz CT molecular complexity index is 433. The molecule has 19 heavy (non-hydrogen) atoms. The van der Waals surface area contributed by atoms with Crippen molar-refractivity contribution in [2.45, 2.75) is 38.4 Å². The molecule has 104 valence electrons. The first kappa shape index (κ1) is 14.0. The lowest BCUT2D eigenvalue weighted by atomic mass is 9.99. The predicted molar refractivity (Wildman–Crippen MR) is 72.7 cm³/mol. The average molecular weight is 263 g/mol. The number of nitrogens with two attached hydrogens (primary N) is 1. The fraction of sp³-hybridized carbons (Fsp3) is 0.571. The molecule has 5 nitrogen and oxygen atoms in total. The molecular weight excluding hydrogens is 242 g/mol. The Hall–Kier alpha value is -1.46. The van der Waals surface area contributed by atoms with Gasteiger partial charge in [-0.15, -0.1) is 0 Å². The molecule has 2 N–H and O–H groups in total. The lowest BCUT2D eigenvalue weighted by molar-refractivity contribution is 0.0600. The monoisotopic (exact) mass is 263 g/mol. The Morgan fingerprint density at radius 1 is 1.58 bits per heavy atom. The van der Waals surface area contributed by atoms with Gasteiger partial charge in [-0.2, -0.15) is 0 Å². The maximum Gasteiger partial charge on any atom is 0.339 e. The van der Waals surface area contributed by atoms with E-state index in [1.165, 1.54) is 7.11 Å². The third-order valence-corrected chi connectivity index (χ3v) is 3.67. The number of likely N-dealkylation sites (tertiary alicyclic amines) is 1. The van der Waals surface area contributed by atoms with Gasteiger partial charge in [0.15, 0.2) is 0 Å². The Morgan fingerprint density at radius 3 is 2.95 bits per heavy atom. The zero-order chi connectivity index (χ0) is 13.8. The number of nitrogens with zero attached hydrogens (tertiary/aromatic N) is 2. The zero-order valence-corrected chi connectivity index (χ0v) is 11.5. The summed E-state index contributed by atoms with van der Waals surface area (Å²) in [5.74, 6) is -0.351. The van der Waals surface area contributed by atoms with Crippen molar-refractivity contribution in [1.29, 1.82) is 0 Å². The van der Waals surface area contributed by atoms with Crippen LogP contribution in [0.15, 0.2) is 18.3 Å². The van der Waals surface area contributed by atoms with Crippen molar-refractivity contribution in [3.63, 3.8) is 0 Å². The van der Waals surface area contributed by atoms with Crippen LogP contribution in [0.25, 0.3) is 0 Å². The number of esters is 1. The summed E-state index contributed by atoms with van der Waals surface area (Å²) in [6.07, 6.45) is 3.63. The highest BCUT2D eigenvalue weighted by atomic mass is 16.5. The molecule has 2 atom stereocenters. The number of rotatable bonds is 3. The standard InChI is InChI=1S/C14H21N3O2/c1-10-7-12(15)5-6-17(10)9-13-4-3-11(8-16-13)14(18)19-2/h3-4,8,10,12H,5-7,9,15H2,1-2H3. The summed E-state index contributed by atoms with van der Waals surface area (Å²) in [6.45, 7) is 4.00. The quantitative estimate of drug-likeness (QED) is 0.829. The second-order valence-electron chi connectivity index (χ2n) is 5.13. The molecular formula is C14H21N3O2.